The highest BCUT2D eigenvalue weighted by molar-refractivity contribution is 9.09. The van der Waals surface area contributed by atoms with Crippen molar-refractivity contribution in [1.82, 2.24) is 0 Å². The van der Waals surface area contributed by atoms with Gasteiger partial charge in [0.2, 0.25) is 0 Å². The van der Waals surface area contributed by atoms with Gasteiger partial charge in [0.1, 0.15) is 0 Å². The normalized spacial score (nSPS) is 39.6. The summed E-state index contributed by atoms with van der Waals surface area (Å²) in [4.78, 5) is 0.353. The number of aliphatic hydroxyl groups is 2. The highest BCUT2D eigenvalue weighted by Gasteiger charge is 2.57. The fourth-order valence-electron chi connectivity index (χ4n) is 4.12. The van der Waals surface area contributed by atoms with Gasteiger partial charge in [0.25, 0.3) is 0 Å². The van der Waals surface area contributed by atoms with Crippen LogP contribution in [0, 0.1) is 11.3 Å². The van der Waals surface area contributed by atoms with Crippen LogP contribution in [0.4, 0.5) is 0 Å². The molecular weight excluding hydrogens is 352 g/mol. The molecule has 0 aromatic carbocycles. The Balaban J connectivity index is 2.19. The molecule has 3 heteroatoms. The topological polar surface area (TPSA) is 40.5 Å². The highest BCUT2D eigenvalue weighted by atomic mass is 79.9. The fraction of sp³-hybridized carbons (Fsp3) is 0.700. The summed E-state index contributed by atoms with van der Waals surface area (Å²) in [5, 5.41) is 21.2. The van der Waals surface area contributed by atoms with Crippen LogP contribution in [0.2, 0.25) is 0 Å². The van der Waals surface area contributed by atoms with Crippen LogP contribution in [0.5, 0.6) is 0 Å². The van der Waals surface area contributed by atoms with Crippen LogP contribution in [0.15, 0.2) is 36.0 Å². The summed E-state index contributed by atoms with van der Waals surface area (Å²) in [5.74, 6) is 0.370. The Kier molecular flexibility index (Phi) is 5.35. The van der Waals surface area contributed by atoms with Gasteiger partial charge >= 0.3 is 0 Å². The first-order valence-electron chi connectivity index (χ1n) is 8.63. The van der Waals surface area contributed by atoms with E-state index in [0.29, 0.717) is 10.7 Å². The number of alkyl halides is 1. The van der Waals surface area contributed by atoms with E-state index in [4.69, 9.17) is 0 Å². The Bertz CT molecular complexity index is 528. The highest BCUT2D eigenvalue weighted by Crippen LogP contribution is 2.58. The van der Waals surface area contributed by atoms with Gasteiger partial charge in [-0.2, -0.15) is 0 Å². The average Bonchev–Trinajstić information content (AvgIpc) is 2.44. The van der Waals surface area contributed by atoms with Crippen molar-refractivity contribution < 1.29 is 10.2 Å². The molecule has 130 valence electrons. The van der Waals surface area contributed by atoms with Gasteiger partial charge in [0.05, 0.1) is 11.2 Å². The molecule has 2 fully saturated rings. The summed E-state index contributed by atoms with van der Waals surface area (Å²) >= 11 is 3.81. The van der Waals surface area contributed by atoms with Crippen molar-refractivity contribution in [3.63, 3.8) is 0 Å². The van der Waals surface area contributed by atoms with Crippen LogP contribution in [0.25, 0.3) is 0 Å². The molecule has 2 nitrogen and oxygen atoms in total. The standard InChI is InChI=1S/C20H31BrO2/c1-14(7-6-11-18(3,4)22)16-10-12-19(5)17(21)9-8-15(2)20(19,23)13-16/h6-7,11,16-17,22-23H,2,8-10,12-13H2,1,3-5H3. The molecule has 0 aliphatic heterocycles. The maximum absolute atomic E-state index is 11.4. The molecule has 23 heavy (non-hydrogen) atoms. The second kappa shape index (κ2) is 6.50. The molecule has 4 atom stereocenters. The smallest absolute Gasteiger partial charge is 0.0923 e. The van der Waals surface area contributed by atoms with Crippen LogP contribution in [0.1, 0.15) is 59.8 Å². The van der Waals surface area contributed by atoms with Crippen LogP contribution >= 0.6 is 15.9 Å². The van der Waals surface area contributed by atoms with Crippen LogP contribution in [-0.4, -0.2) is 26.2 Å². The maximum Gasteiger partial charge on any atom is 0.0923 e. The van der Waals surface area contributed by atoms with Gasteiger partial charge in [0.15, 0.2) is 0 Å². The first-order valence-corrected chi connectivity index (χ1v) is 9.54. The van der Waals surface area contributed by atoms with Crippen molar-refractivity contribution in [2.75, 3.05) is 0 Å². The molecule has 0 amide bonds. The van der Waals surface area contributed by atoms with Gasteiger partial charge in [0, 0.05) is 10.2 Å². The van der Waals surface area contributed by atoms with Gasteiger partial charge in [-0.25, -0.2) is 0 Å². The van der Waals surface area contributed by atoms with Gasteiger partial charge in [-0.15, -0.1) is 0 Å². The lowest BCUT2D eigenvalue weighted by atomic mass is 9.53. The minimum absolute atomic E-state index is 0.123. The van der Waals surface area contributed by atoms with E-state index in [9.17, 15) is 10.2 Å². The molecule has 0 heterocycles. The molecule has 0 saturated heterocycles. The van der Waals surface area contributed by atoms with Gasteiger partial charge in [-0.05, 0) is 64.4 Å². The van der Waals surface area contributed by atoms with Crippen molar-refractivity contribution in [1.29, 1.82) is 0 Å². The summed E-state index contributed by atoms with van der Waals surface area (Å²) in [6.07, 6.45) is 10.6. The minimum Gasteiger partial charge on any atom is -0.386 e. The third-order valence-electron chi connectivity index (χ3n) is 5.98. The SMILES string of the molecule is C=C1CCC(Br)C2(C)CCC(C(C)=CC=CC(C)(C)O)CC12O. The number of hydrogen-bond acceptors (Lipinski definition) is 2. The Morgan fingerprint density at radius 2 is 2.04 bits per heavy atom. The van der Waals surface area contributed by atoms with Crippen molar-refractivity contribution in [3.8, 4) is 0 Å². The van der Waals surface area contributed by atoms with E-state index >= 15 is 0 Å². The van der Waals surface area contributed by atoms with Crippen LogP contribution < -0.4 is 0 Å². The van der Waals surface area contributed by atoms with Gasteiger partial charge in [-0.3, -0.25) is 0 Å². The minimum atomic E-state index is -0.791. The molecule has 0 bridgehead atoms. The molecule has 0 aromatic rings. The number of allylic oxidation sites excluding steroid dienone is 3. The van der Waals surface area contributed by atoms with E-state index in [1.165, 1.54) is 5.57 Å². The molecule has 2 aliphatic carbocycles. The van der Waals surface area contributed by atoms with E-state index < -0.39 is 11.2 Å². The maximum atomic E-state index is 11.4. The lowest BCUT2D eigenvalue weighted by molar-refractivity contribution is -0.101. The van der Waals surface area contributed by atoms with Crippen molar-refractivity contribution in [3.05, 3.63) is 36.0 Å². The zero-order chi connectivity index (χ0) is 17.5. The largest absolute Gasteiger partial charge is 0.386 e. The van der Waals surface area contributed by atoms with Crippen molar-refractivity contribution in [2.45, 2.75) is 75.8 Å². The monoisotopic (exact) mass is 382 g/mol. The lowest BCUT2D eigenvalue weighted by Crippen LogP contribution is -2.58. The summed E-state index contributed by atoms with van der Waals surface area (Å²) in [6.45, 7) is 12.1. The predicted octanol–water partition coefficient (Wildman–Crippen LogP) is 4.91. The Morgan fingerprint density at radius 1 is 1.39 bits per heavy atom. The molecule has 0 aromatic heterocycles. The third kappa shape index (κ3) is 3.67. The van der Waals surface area contributed by atoms with E-state index in [1.807, 2.05) is 6.08 Å². The first kappa shape index (κ1) is 19.0. The zero-order valence-corrected chi connectivity index (χ0v) is 16.5. The second-order valence-corrected chi connectivity index (χ2v) is 9.36. The quantitative estimate of drug-likeness (QED) is 0.413. The lowest BCUT2D eigenvalue weighted by Gasteiger charge is -2.57. The van der Waals surface area contributed by atoms with Crippen LogP contribution in [0.3, 0.4) is 0 Å². The summed E-state index contributed by atoms with van der Waals surface area (Å²) < 4.78 is 0. The van der Waals surface area contributed by atoms with E-state index in [2.05, 4.69) is 42.4 Å². The molecule has 2 aliphatic rings. The van der Waals surface area contributed by atoms with Gasteiger partial charge in [-0.1, -0.05) is 53.2 Å². The Morgan fingerprint density at radius 3 is 2.65 bits per heavy atom. The molecule has 2 N–H and O–H groups in total. The van der Waals surface area contributed by atoms with E-state index in [1.54, 1.807) is 19.9 Å². The van der Waals surface area contributed by atoms with E-state index in [0.717, 1.165) is 37.7 Å². The Labute approximate surface area is 149 Å². The van der Waals surface area contributed by atoms with Crippen molar-refractivity contribution >= 4 is 15.9 Å². The molecule has 0 radical (unpaired) electrons. The molecule has 2 saturated carbocycles. The third-order valence-corrected chi connectivity index (χ3v) is 7.45. The number of hydrogen-bond donors (Lipinski definition) is 2. The van der Waals surface area contributed by atoms with Crippen molar-refractivity contribution in [2.24, 2.45) is 11.3 Å². The number of fused-ring (bicyclic) bond motifs is 1. The predicted molar refractivity (Wildman–Crippen MR) is 101 cm³/mol. The van der Waals surface area contributed by atoms with Crippen LogP contribution in [-0.2, 0) is 0 Å². The van der Waals surface area contributed by atoms with E-state index in [-0.39, 0.29) is 5.41 Å². The average molecular weight is 383 g/mol. The Hall–Kier alpha value is -0.380. The first-order chi connectivity index (χ1) is 10.5. The summed E-state index contributed by atoms with van der Waals surface area (Å²) in [7, 11) is 0. The number of halogens is 1. The summed E-state index contributed by atoms with van der Waals surface area (Å²) in [6, 6.07) is 0. The molecule has 2 rings (SSSR count). The zero-order valence-electron chi connectivity index (χ0n) is 14.9. The summed E-state index contributed by atoms with van der Waals surface area (Å²) in [5.41, 5.74) is 0.575. The fourth-order valence-corrected chi connectivity index (χ4v) is 4.96. The molecular formula is C20H31BrO2. The molecule has 0 spiro atoms. The molecule has 4 unspecified atom stereocenters. The second-order valence-electron chi connectivity index (χ2n) is 8.25. The number of rotatable bonds is 3. The van der Waals surface area contributed by atoms with Gasteiger partial charge < -0.3 is 10.2 Å².